The van der Waals surface area contributed by atoms with Gasteiger partial charge < -0.3 is 19.2 Å². The maximum Gasteiger partial charge on any atom is 0.266 e. The Morgan fingerprint density at radius 1 is 1.21 bits per heavy atom. The maximum absolute atomic E-state index is 13.8. The molecule has 0 radical (unpaired) electrons. The van der Waals surface area contributed by atoms with E-state index < -0.39 is 11.9 Å². The highest BCUT2D eigenvalue weighted by Crippen LogP contribution is 2.32. The highest BCUT2D eigenvalue weighted by atomic mass is 19.1. The predicted molar refractivity (Wildman–Crippen MR) is 82.9 cm³/mol. The van der Waals surface area contributed by atoms with Crippen molar-refractivity contribution in [2.75, 3.05) is 26.3 Å². The van der Waals surface area contributed by atoms with Gasteiger partial charge in [-0.15, -0.1) is 0 Å². The molecule has 6 nitrogen and oxygen atoms in total. The molecule has 0 aromatic heterocycles. The number of carbonyl (C=O) groups is 1. The molecule has 3 heterocycles. The van der Waals surface area contributed by atoms with Gasteiger partial charge in [-0.3, -0.25) is 4.79 Å². The number of amides is 1. The van der Waals surface area contributed by atoms with Crippen LogP contribution in [-0.2, 0) is 19.1 Å². The van der Waals surface area contributed by atoms with E-state index in [1.807, 2.05) is 0 Å². The van der Waals surface area contributed by atoms with Crippen LogP contribution >= 0.6 is 0 Å². The number of hydrogen-bond acceptors (Lipinski definition) is 5. The van der Waals surface area contributed by atoms with Gasteiger partial charge >= 0.3 is 0 Å². The van der Waals surface area contributed by atoms with Crippen molar-refractivity contribution in [1.82, 2.24) is 4.90 Å². The zero-order valence-electron chi connectivity index (χ0n) is 13.2. The molecule has 24 heavy (non-hydrogen) atoms. The van der Waals surface area contributed by atoms with Gasteiger partial charge in [-0.1, -0.05) is 23.4 Å². The molecule has 1 atom stereocenters. The fraction of sp³-hybridized carbons (Fsp3) is 0.529. The highest BCUT2D eigenvalue weighted by molar-refractivity contribution is 6.04. The first kappa shape index (κ1) is 15.5. The number of hydrogen-bond donors (Lipinski definition) is 0. The lowest BCUT2D eigenvalue weighted by Gasteiger charge is -2.38. The first-order valence-electron chi connectivity index (χ1n) is 8.21. The molecule has 2 fully saturated rings. The fourth-order valence-electron chi connectivity index (χ4n) is 3.42. The lowest BCUT2D eigenvalue weighted by molar-refractivity contribution is -0.189. The Morgan fingerprint density at radius 3 is 2.62 bits per heavy atom. The Morgan fingerprint density at radius 2 is 1.92 bits per heavy atom. The third kappa shape index (κ3) is 2.78. The Labute approximate surface area is 139 Å². The summed E-state index contributed by atoms with van der Waals surface area (Å²) in [7, 11) is 0. The maximum atomic E-state index is 13.8. The van der Waals surface area contributed by atoms with E-state index in [1.165, 1.54) is 6.07 Å². The summed E-state index contributed by atoms with van der Waals surface area (Å²) in [5.41, 5.74) is 0.862. The summed E-state index contributed by atoms with van der Waals surface area (Å²) in [5.74, 6) is -0.983. The number of likely N-dealkylation sites (tertiary alicyclic amines) is 1. The first-order chi connectivity index (χ1) is 11.7. The molecule has 128 valence electrons. The first-order valence-corrected chi connectivity index (χ1v) is 8.21. The van der Waals surface area contributed by atoms with Crippen LogP contribution < -0.4 is 0 Å². The van der Waals surface area contributed by atoms with Crippen molar-refractivity contribution in [2.45, 2.75) is 31.2 Å². The van der Waals surface area contributed by atoms with E-state index in [9.17, 15) is 9.18 Å². The smallest absolute Gasteiger partial charge is 0.266 e. The molecule has 0 saturated carbocycles. The monoisotopic (exact) mass is 334 g/mol. The zero-order valence-corrected chi connectivity index (χ0v) is 13.2. The molecule has 0 aliphatic carbocycles. The second-order valence-corrected chi connectivity index (χ2v) is 6.25. The lowest BCUT2D eigenvalue weighted by atomic mass is 10.0. The standard InChI is InChI=1S/C17H19FN2O4/c18-13-4-2-1-3-12(13)14-11-15(24-19-14)16(21)20-7-5-17(6-8-20)22-9-10-23-17/h1-4,15H,5-11H2. The molecule has 2 saturated heterocycles. The number of benzene rings is 1. The Hall–Kier alpha value is -1.99. The van der Waals surface area contributed by atoms with Crippen LogP contribution in [0.5, 0.6) is 0 Å². The van der Waals surface area contributed by atoms with Crippen LogP contribution in [0, 0.1) is 5.82 Å². The number of rotatable bonds is 2. The van der Waals surface area contributed by atoms with Crippen molar-refractivity contribution in [3.8, 4) is 0 Å². The van der Waals surface area contributed by atoms with E-state index in [0.29, 0.717) is 50.4 Å². The van der Waals surface area contributed by atoms with E-state index in [4.69, 9.17) is 14.3 Å². The SMILES string of the molecule is O=C(C1CC(c2ccccc2F)=NO1)N1CCC2(CC1)OCCO2. The van der Waals surface area contributed by atoms with Crippen LogP contribution in [0.25, 0.3) is 0 Å². The molecular weight excluding hydrogens is 315 g/mol. The average molecular weight is 334 g/mol. The molecule has 0 N–H and O–H groups in total. The molecule has 0 bridgehead atoms. The molecule has 1 spiro atoms. The van der Waals surface area contributed by atoms with Crippen LogP contribution in [0.4, 0.5) is 4.39 Å². The van der Waals surface area contributed by atoms with Gasteiger partial charge in [0.05, 0.1) is 18.9 Å². The minimum atomic E-state index is -0.681. The van der Waals surface area contributed by atoms with Crippen LogP contribution in [-0.4, -0.2) is 54.7 Å². The Balaban J connectivity index is 1.36. The summed E-state index contributed by atoms with van der Waals surface area (Å²) in [5, 5.41) is 3.91. The Bertz CT molecular complexity index is 662. The van der Waals surface area contributed by atoms with Crippen molar-refractivity contribution in [1.29, 1.82) is 0 Å². The van der Waals surface area contributed by atoms with Crippen molar-refractivity contribution in [3.63, 3.8) is 0 Å². The Kier molecular flexibility index (Phi) is 3.97. The zero-order chi connectivity index (χ0) is 16.6. The minimum absolute atomic E-state index is 0.113. The molecule has 1 aromatic rings. The molecular formula is C17H19FN2O4. The fourth-order valence-corrected chi connectivity index (χ4v) is 3.42. The molecule has 4 rings (SSSR count). The summed E-state index contributed by atoms with van der Waals surface area (Å²) < 4.78 is 25.2. The topological polar surface area (TPSA) is 60.4 Å². The van der Waals surface area contributed by atoms with E-state index in [2.05, 4.69) is 5.16 Å². The molecule has 1 amide bonds. The van der Waals surface area contributed by atoms with Crippen molar-refractivity contribution >= 4 is 11.6 Å². The normalized spacial score (nSPS) is 25.6. The lowest BCUT2D eigenvalue weighted by Crippen LogP contribution is -2.50. The molecule has 3 aliphatic rings. The van der Waals surface area contributed by atoms with Gasteiger partial charge in [0.1, 0.15) is 5.82 Å². The third-order valence-corrected chi connectivity index (χ3v) is 4.78. The summed E-state index contributed by atoms with van der Waals surface area (Å²) in [6.45, 7) is 2.35. The quantitative estimate of drug-likeness (QED) is 0.826. The molecule has 7 heteroatoms. The number of oxime groups is 1. The highest BCUT2D eigenvalue weighted by Gasteiger charge is 2.42. The van der Waals surface area contributed by atoms with Gasteiger partial charge in [0.25, 0.3) is 5.91 Å². The second-order valence-electron chi connectivity index (χ2n) is 6.25. The van der Waals surface area contributed by atoms with Crippen molar-refractivity contribution in [2.24, 2.45) is 5.16 Å². The van der Waals surface area contributed by atoms with Crippen LogP contribution in [0.3, 0.4) is 0 Å². The summed E-state index contributed by atoms with van der Waals surface area (Å²) in [4.78, 5) is 19.6. The van der Waals surface area contributed by atoms with E-state index in [0.717, 1.165) is 0 Å². The second kappa shape index (κ2) is 6.14. The van der Waals surface area contributed by atoms with Crippen molar-refractivity contribution < 1.29 is 23.5 Å². The number of carbonyl (C=O) groups excluding carboxylic acids is 1. The van der Waals surface area contributed by atoms with Gasteiger partial charge in [-0.25, -0.2) is 4.39 Å². The number of nitrogens with zero attached hydrogens (tertiary/aromatic N) is 2. The molecule has 1 aromatic carbocycles. The van der Waals surface area contributed by atoms with Crippen LogP contribution in [0.2, 0.25) is 0 Å². The van der Waals surface area contributed by atoms with Gasteiger partial charge in [0, 0.05) is 37.9 Å². The minimum Gasteiger partial charge on any atom is -0.382 e. The largest absolute Gasteiger partial charge is 0.382 e. The average Bonchev–Trinajstić information content (AvgIpc) is 3.26. The van der Waals surface area contributed by atoms with Gasteiger partial charge in [0.2, 0.25) is 6.10 Å². The van der Waals surface area contributed by atoms with Gasteiger partial charge in [-0.2, -0.15) is 0 Å². The van der Waals surface area contributed by atoms with Crippen molar-refractivity contribution in [3.05, 3.63) is 35.6 Å². The summed E-state index contributed by atoms with van der Waals surface area (Å²) in [6, 6.07) is 6.37. The number of ether oxygens (including phenoxy) is 2. The van der Waals surface area contributed by atoms with E-state index >= 15 is 0 Å². The van der Waals surface area contributed by atoms with Crippen LogP contribution in [0.15, 0.2) is 29.4 Å². The number of piperidine rings is 1. The molecule has 1 unspecified atom stereocenters. The van der Waals surface area contributed by atoms with E-state index in [-0.39, 0.29) is 18.1 Å². The third-order valence-electron chi connectivity index (χ3n) is 4.78. The van der Waals surface area contributed by atoms with Gasteiger partial charge in [-0.05, 0) is 6.07 Å². The summed E-state index contributed by atoms with van der Waals surface area (Å²) in [6.07, 6.45) is 0.923. The van der Waals surface area contributed by atoms with Crippen LogP contribution in [0.1, 0.15) is 24.8 Å². The number of halogens is 1. The molecule has 3 aliphatic heterocycles. The predicted octanol–water partition coefficient (Wildman–Crippen LogP) is 1.68. The van der Waals surface area contributed by atoms with Gasteiger partial charge in [0.15, 0.2) is 5.79 Å². The van der Waals surface area contributed by atoms with E-state index in [1.54, 1.807) is 23.1 Å². The summed E-state index contributed by atoms with van der Waals surface area (Å²) >= 11 is 0.